The molecule has 10 heteroatoms. The van der Waals surface area contributed by atoms with Crippen LogP contribution in [0.15, 0.2) is 41.4 Å². The van der Waals surface area contributed by atoms with E-state index in [4.69, 9.17) is 40.2 Å². The summed E-state index contributed by atoms with van der Waals surface area (Å²) in [7, 11) is 4.67. The molecule has 0 aromatic heterocycles. The van der Waals surface area contributed by atoms with Crippen molar-refractivity contribution >= 4 is 28.5 Å². The molecule has 3 rings (SSSR count). The zero-order valence-corrected chi connectivity index (χ0v) is 19.7. The van der Waals surface area contributed by atoms with Crippen LogP contribution in [-0.2, 0) is 4.74 Å². The van der Waals surface area contributed by atoms with E-state index in [1.807, 2.05) is 0 Å². The molecule has 0 aliphatic carbocycles. The summed E-state index contributed by atoms with van der Waals surface area (Å²) < 4.78 is 27.3. The smallest absolute Gasteiger partial charge is 0.182 e. The van der Waals surface area contributed by atoms with E-state index in [1.165, 1.54) is 7.11 Å². The fraction of sp³-hybridized carbons (Fsp3) is 0.348. The summed E-state index contributed by atoms with van der Waals surface area (Å²) >= 11 is 1.10. The molecule has 1 atom stereocenters. The highest BCUT2D eigenvalue weighted by atomic mass is 32.2. The average Bonchev–Trinajstić information content (AvgIpc) is 3.35. The Labute approximate surface area is 197 Å². The van der Waals surface area contributed by atoms with Gasteiger partial charge in [0.15, 0.2) is 16.7 Å². The van der Waals surface area contributed by atoms with E-state index in [1.54, 1.807) is 50.6 Å². The first-order valence-electron chi connectivity index (χ1n) is 10.2. The van der Waals surface area contributed by atoms with Gasteiger partial charge >= 0.3 is 0 Å². The van der Waals surface area contributed by atoms with Crippen molar-refractivity contribution in [3.8, 4) is 23.0 Å². The quantitative estimate of drug-likeness (QED) is 0.377. The molecule has 0 saturated carbocycles. The van der Waals surface area contributed by atoms with E-state index in [0.29, 0.717) is 53.1 Å². The van der Waals surface area contributed by atoms with Gasteiger partial charge in [0.05, 0.1) is 40.1 Å². The number of hydrogen-bond acceptors (Lipinski definition) is 8. The summed E-state index contributed by atoms with van der Waals surface area (Å²) in [6.45, 7) is 1.21. The van der Waals surface area contributed by atoms with Gasteiger partial charge in [0.1, 0.15) is 23.4 Å². The predicted octanol–water partition coefficient (Wildman–Crippen LogP) is 3.32. The SMILES string of the molecule is COc1ccc(OC)c(C(N)=NC(=N)SCC(=N)c2ccc(OC)c(O[C@@H]3CCOC3)c2)c1. The Bertz CT molecular complexity index is 1040. The number of methoxy groups -OCH3 is 3. The maximum atomic E-state index is 8.44. The molecule has 176 valence electrons. The van der Waals surface area contributed by atoms with E-state index < -0.39 is 0 Å². The molecule has 0 bridgehead atoms. The lowest BCUT2D eigenvalue weighted by atomic mass is 10.1. The largest absolute Gasteiger partial charge is 0.497 e. The molecular formula is C23H28N4O5S. The third kappa shape index (κ3) is 6.39. The Morgan fingerprint density at radius 2 is 1.82 bits per heavy atom. The van der Waals surface area contributed by atoms with Crippen molar-refractivity contribution in [1.82, 2.24) is 0 Å². The van der Waals surface area contributed by atoms with Crippen LogP contribution in [0.5, 0.6) is 23.0 Å². The molecule has 0 amide bonds. The van der Waals surface area contributed by atoms with Crippen LogP contribution in [0, 0.1) is 10.8 Å². The van der Waals surface area contributed by atoms with Gasteiger partial charge in [-0.1, -0.05) is 11.8 Å². The van der Waals surface area contributed by atoms with Crippen LogP contribution in [0.4, 0.5) is 0 Å². The Kier molecular flexibility index (Phi) is 8.56. The maximum Gasteiger partial charge on any atom is 0.182 e. The lowest BCUT2D eigenvalue weighted by Gasteiger charge is -2.16. The van der Waals surface area contributed by atoms with Crippen LogP contribution >= 0.6 is 11.8 Å². The number of nitrogens with zero attached hydrogens (tertiary/aromatic N) is 1. The zero-order valence-electron chi connectivity index (χ0n) is 18.8. The van der Waals surface area contributed by atoms with Crippen LogP contribution in [0.1, 0.15) is 17.5 Å². The van der Waals surface area contributed by atoms with Crippen LogP contribution < -0.4 is 24.7 Å². The molecule has 1 saturated heterocycles. The van der Waals surface area contributed by atoms with Gasteiger partial charge in [0.2, 0.25) is 0 Å². The number of nitrogens with one attached hydrogen (secondary N) is 2. The molecule has 2 aromatic carbocycles. The van der Waals surface area contributed by atoms with E-state index >= 15 is 0 Å². The Hall–Kier alpha value is -3.24. The summed E-state index contributed by atoms with van der Waals surface area (Å²) in [5.74, 6) is 2.68. The molecule has 1 fully saturated rings. The topological polar surface area (TPSA) is 132 Å². The third-order valence-corrected chi connectivity index (χ3v) is 5.75. The molecule has 33 heavy (non-hydrogen) atoms. The normalized spacial score (nSPS) is 15.7. The second-order valence-corrected chi connectivity index (χ2v) is 8.07. The summed E-state index contributed by atoms with van der Waals surface area (Å²) in [5, 5.41) is 16.6. The van der Waals surface area contributed by atoms with Gasteiger partial charge in [-0.2, -0.15) is 0 Å². The molecule has 1 heterocycles. The minimum absolute atomic E-state index is 0.0183. The lowest BCUT2D eigenvalue weighted by molar-refractivity contribution is 0.138. The Morgan fingerprint density at radius 3 is 2.48 bits per heavy atom. The van der Waals surface area contributed by atoms with Crippen molar-refractivity contribution in [2.24, 2.45) is 10.7 Å². The fourth-order valence-electron chi connectivity index (χ4n) is 3.18. The highest BCUT2D eigenvalue weighted by molar-refractivity contribution is 8.14. The van der Waals surface area contributed by atoms with E-state index in [2.05, 4.69) is 4.99 Å². The standard InChI is InChI=1S/C23H28N4O5S/c1-28-15-5-7-19(29-2)17(11-15)22(25)27-23(26)33-13-18(24)14-4-6-20(30-3)21(10-14)32-16-8-9-31-12-16/h4-7,10-11,16,24H,8-9,12-13H2,1-3H3,(H3,25,26,27)/t16-/m1/s1. The van der Waals surface area contributed by atoms with Crippen molar-refractivity contribution in [3.05, 3.63) is 47.5 Å². The summed E-state index contributed by atoms with van der Waals surface area (Å²) in [6, 6.07) is 10.5. The second kappa shape index (κ2) is 11.6. The number of hydrogen-bond donors (Lipinski definition) is 3. The van der Waals surface area contributed by atoms with Crippen molar-refractivity contribution in [1.29, 1.82) is 10.8 Å². The van der Waals surface area contributed by atoms with E-state index in [9.17, 15) is 0 Å². The number of benzene rings is 2. The molecule has 2 aromatic rings. The third-order valence-electron chi connectivity index (χ3n) is 4.95. The average molecular weight is 473 g/mol. The number of ether oxygens (including phenoxy) is 5. The van der Waals surface area contributed by atoms with Crippen molar-refractivity contribution < 1.29 is 23.7 Å². The summed E-state index contributed by atoms with van der Waals surface area (Å²) in [5.41, 5.74) is 7.65. The lowest BCUT2D eigenvalue weighted by Crippen LogP contribution is -2.17. The monoisotopic (exact) mass is 472 g/mol. The van der Waals surface area contributed by atoms with Gasteiger partial charge in [-0.05, 0) is 36.4 Å². The first-order chi connectivity index (χ1) is 15.9. The van der Waals surface area contributed by atoms with Gasteiger partial charge in [-0.15, -0.1) is 0 Å². The molecule has 1 aliphatic rings. The van der Waals surface area contributed by atoms with Crippen molar-refractivity contribution in [2.75, 3.05) is 40.3 Å². The zero-order chi connectivity index (χ0) is 23.8. The van der Waals surface area contributed by atoms with Crippen molar-refractivity contribution in [3.63, 3.8) is 0 Å². The number of nitrogens with two attached hydrogens (primary N) is 1. The summed E-state index contributed by atoms with van der Waals surface area (Å²) in [6.07, 6.45) is 0.784. The van der Waals surface area contributed by atoms with Gasteiger partial charge in [-0.3, -0.25) is 5.41 Å². The highest BCUT2D eigenvalue weighted by Crippen LogP contribution is 2.31. The second-order valence-electron chi connectivity index (χ2n) is 7.10. The summed E-state index contributed by atoms with van der Waals surface area (Å²) in [4.78, 5) is 4.16. The van der Waals surface area contributed by atoms with Crippen molar-refractivity contribution in [2.45, 2.75) is 12.5 Å². The van der Waals surface area contributed by atoms with Crippen LogP contribution in [0.2, 0.25) is 0 Å². The first-order valence-corrected chi connectivity index (χ1v) is 11.2. The van der Waals surface area contributed by atoms with Gasteiger partial charge in [0, 0.05) is 23.4 Å². The predicted molar refractivity (Wildman–Crippen MR) is 130 cm³/mol. The number of rotatable bonds is 9. The number of aliphatic imine (C=N–C) groups is 1. The van der Waals surface area contributed by atoms with Crippen LogP contribution in [0.3, 0.4) is 0 Å². The molecule has 4 N–H and O–H groups in total. The van der Waals surface area contributed by atoms with E-state index in [-0.39, 0.29) is 22.9 Å². The van der Waals surface area contributed by atoms with Gasteiger partial charge < -0.3 is 34.8 Å². The molecular weight excluding hydrogens is 444 g/mol. The fourth-order valence-corrected chi connectivity index (χ4v) is 3.79. The Balaban J connectivity index is 1.66. The minimum atomic E-state index is -0.0307. The molecule has 0 unspecified atom stereocenters. The van der Waals surface area contributed by atoms with Crippen LogP contribution in [-0.4, -0.2) is 63.1 Å². The van der Waals surface area contributed by atoms with Crippen LogP contribution in [0.25, 0.3) is 0 Å². The molecule has 0 radical (unpaired) electrons. The Morgan fingerprint density at radius 1 is 1.06 bits per heavy atom. The van der Waals surface area contributed by atoms with E-state index in [0.717, 1.165) is 18.2 Å². The molecule has 1 aliphatic heterocycles. The number of thioether (sulfide) groups is 1. The first kappa shape index (κ1) is 24.4. The van der Waals surface area contributed by atoms with Gasteiger partial charge in [0.25, 0.3) is 0 Å². The highest BCUT2D eigenvalue weighted by Gasteiger charge is 2.20. The maximum absolute atomic E-state index is 8.44. The number of amidine groups is 2. The molecule has 0 spiro atoms. The van der Waals surface area contributed by atoms with Gasteiger partial charge in [-0.25, -0.2) is 4.99 Å². The molecule has 9 nitrogen and oxygen atoms in total. The minimum Gasteiger partial charge on any atom is -0.497 e.